The van der Waals surface area contributed by atoms with Crippen molar-refractivity contribution in [2.24, 2.45) is 0 Å². The van der Waals surface area contributed by atoms with E-state index in [1.54, 1.807) is 0 Å². The van der Waals surface area contributed by atoms with E-state index in [1.165, 1.54) is 17.8 Å². The Bertz CT molecular complexity index is 767. The van der Waals surface area contributed by atoms with Gasteiger partial charge in [-0.1, -0.05) is 42.5 Å². The van der Waals surface area contributed by atoms with Crippen LogP contribution in [0.15, 0.2) is 70.3 Å². The minimum absolute atomic E-state index is 0.538. The smallest absolute Gasteiger partial charge is 0.261 e. The molecular formula is C16H10N2OS. The molecule has 0 amide bonds. The van der Waals surface area contributed by atoms with E-state index in [2.05, 4.69) is 11.1 Å². The Balaban J connectivity index is 1.95. The molecule has 4 heteroatoms. The fraction of sp³-hybridized carbons (Fsp3) is 0. The van der Waals surface area contributed by atoms with Gasteiger partial charge < -0.3 is 4.42 Å². The summed E-state index contributed by atoms with van der Waals surface area (Å²) in [6.07, 6.45) is 1.51. The molecule has 0 bridgehead atoms. The maximum Gasteiger partial charge on any atom is 0.261 e. The number of benzene rings is 2. The maximum atomic E-state index is 8.93. The minimum Gasteiger partial charge on any atom is -0.431 e. The number of hydrogen-bond acceptors (Lipinski definition) is 4. The summed E-state index contributed by atoms with van der Waals surface area (Å²) < 4.78 is 5.67. The Morgan fingerprint density at radius 3 is 2.60 bits per heavy atom. The van der Waals surface area contributed by atoms with E-state index in [1.807, 2.05) is 54.6 Å². The molecule has 3 nitrogen and oxygen atoms in total. The summed E-state index contributed by atoms with van der Waals surface area (Å²) in [6.45, 7) is 0. The molecule has 20 heavy (non-hydrogen) atoms. The minimum atomic E-state index is 0.538. The van der Waals surface area contributed by atoms with Crippen LogP contribution in [0.3, 0.4) is 0 Å². The van der Waals surface area contributed by atoms with Gasteiger partial charge in [0, 0.05) is 11.0 Å². The van der Waals surface area contributed by atoms with Crippen LogP contribution in [-0.2, 0) is 0 Å². The first kappa shape index (κ1) is 12.5. The lowest BCUT2D eigenvalue weighted by molar-refractivity contribution is 0.491. The normalized spacial score (nSPS) is 11.4. The summed E-state index contributed by atoms with van der Waals surface area (Å²) in [5, 5.41) is 9.46. The predicted molar refractivity (Wildman–Crippen MR) is 79.9 cm³/mol. The van der Waals surface area contributed by atoms with Gasteiger partial charge in [-0.25, -0.2) is 4.98 Å². The van der Waals surface area contributed by atoms with E-state index >= 15 is 0 Å². The molecule has 0 spiro atoms. The monoisotopic (exact) mass is 278 g/mol. The molecule has 0 radical (unpaired) electrons. The topological polar surface area (TPSA) is 49.8 Å². The number of hydrogen-bond donors (Lipinski definition) is 0. The van der Waals surface area contributed by atoms with Crippen molar-refractivity contribution in [1.82, 2.24) is 4.98 Å². The molecule has 1 heterocycles. The number of nitriles is 1. The predicted octanol–water partition coefficient (Wildman–Crippen LogP) is 4.48. The molecule has 0 fully saturated rings. The summed E-state index contributed by atoms with van der Waals surface area (Å²) in [4.78, 5) is 5.23. The number of allylic oxidation sites excluding steroid dienone is 1. The molecule has 0 aliphatic rings. The fourth-order valence-corrected chi connectivity index (χ4v) is 2.65. The Hall–Kier alpha value is -2.51. The van der Waals surface area contributed by atoms with Gasteiger partial charge in [0.25, 0.3) is 5.22 Å². The van der Waals surface area contributed by atoms with Crippen molar-refractivity contribution in [1.29, 1.82) is 5.26 Å². The van der Waals surface area contributed by atoms with Gasteiger partial charge in [0.15, 0.2) is 5.58 Å². The summed E-state index contributed by atoms with van der Waals surface area (Å²) >= 11 is 1.35. The van der Waals surface area contributed by atoms with Gasteiger partial charge in [-0.15, -0.1) is 0 Å². The maximum absolute atomic E-state index is 8.93. The first-order valence-electron chi connectivity index (χ1n) is 6.05. The number of aromatic nitrogens is 1. The summed E-state index contributed by atoms with van der Waals surface area (Å²) in [5.74, 6) is 0. The molecule has 2 aromatic carbocycles. The quantitative estimate of drug-likeness (QED) is 0.523. The van der Waals surface area contributed by atoms with Crippen LogP contribution in [0.5, 0.6) is 0 Å². The Kier molecular flexibility index (Phi) is 3.53. The van der Waals surface area contributed by atoms with Crippen LogP contribution in [0.25, 0.3) is 16.0 Å². The standard InChI is InChI=1S/C16H10N2OS/c17-11-10-15(12-6-2-1-3-7-12)20-16-18-13-8-4-5-9-14(13)19-16/h1-10H. The van der Waals surface area contributed by atoms with Gasteiger partial charge in [-0.2, -0.15) is 5.26 Å². The zero-order valence-corrected chi connectivity index (χ0v) is 11.3. The van der Waals surface area contributed by atoms with E-state index in [-0.39, 0.29) is 0 Å². The second-order valence-corrected chi connectivity index (χ2v) is 5.05. The highest BCUT2D eigenvalue weighted by Gasteiger charge is 2.10. The van der Waals surface area contributed by atoms with Gasteiger partial charge in [-0.05, 0) is 29.5 Å². The SMILES string of the molecule is N#CC=C(Sc1nc2ccccc2o1)c1ccccc1. The van der Waals surface area contributed by atoms with Crippen molar-refractivity contribution in [3.8, 4) is 6.07 Å². The van der Waals surface area contributed by atoms with Crippen LogP contribution >= 0.6 is 11.8 Å². The van der Waals surface area contributed by atoms with Crippen molar-refractivity contribution < 1.29 is 4.42 Å². The highest BCUT2D eigenvalue weighted by Crippen LogP contribution is 2.34. The van der Waals surface area contributed by atoms with E-state index in [9.17, 15) is 0 Å². The lowest BCUT2D eigenvalue weighted by atomic mass is 10.2. The molecule has 96 valence electrons. The Morgan fingerprint density at radius 2 is 1.85 bits per heavy atom. The molecule has 0 atom stereocenters. The first-order valence-corrected chi connectivity index (χ1v) is 6.87. The zero-order chi connectivity index (χ0) is 13.8. The van der Waals surface area contributed by atoms with Crippen LogP contribution in [0.1, 0.15) is 5.56 Å². The molecule has 3 aromatic rings. The molecule has 1 aromatic heterocycles. The van der Waals surface area contributed by atoms with Crippen molar-refractivity contribution in [3.63, 3.8) is 0 Å². The highest BCUT2D eigenvalue weighted by molar-refractivity contribution is 8.08. The molecular weight excluding hydrogens is 268 g/mol. The molecule has 0 N–H and O–H groups in total. The number of nitrogens with zero attached hydrogens (tertiary/aromatic N) is 2. The largest absolute Gasteiger partial charge is 0.431 e. The van der Waals surface area contributed by atoms with E-state index in [0.717, 1.165) is 21.6 Å². The average molecular weight is 278 g/mol. The lowest BCUT2D eigenvalue weighted by Gasteiger charge is -2.02. The molecule has 0 aliphatic carbocycles. The van der Waals surface area contributed by atoms with Crippen LogP contribution < -0.4 is 0 Å². The molecule has 0 aliphatic heterocycles. The molecule has 3 rings (SSSR count). The van der Waals surface area contributed by atoms with Crippen molar-refractivity contribution in [2.45, 2.75) is 5.22 Å². The lowest BCUT2D eigenvalue weighted by Crippen LogP contribution is -1.79. The van der Waals surface area contributed by atoms with Gasteiger partial charge in [0.05, 0.1) is 6.07 Å². The van der Waals surface area contributed by atoms with Gasteiger partial charge in [0.1, 0.15) is 5.52 Å². The number of para-hydroxylation sites is 2. The molecule has 0 saturated heterocycles. The zero-order valence-electron chi connectivity index (χ0n) is 10.5. The third-order valence-electron chi connectivity index (χ3n) is 2.73. The van der Waals surface area contributed by atoms with E-state index < -0.39 is 0 Å². The van der Waals surface area contributed by atoms with Crippen molar-refractivity contribution in [3.05, 3.63) is 66.2 Å². The Morgan fingerprint density at radius 1 is 1.10 bits per heavy atom. The summed E-state index contributed by atoms with van der Waals surface area (Å²) in [7, 11) is 0. The molecule has 0 unspecified atom stereocenters. The number of fused-ring (bicyclic) bond motifs is 1. The fourth-order valence-electron chi connectivity index (χ4n) is 1.82. The number of oxazole rings is 1. The first-order chi connectivity index (χ1) is 9.86. The number of rotatable bonds is 3. The number of thioether (sulfide) groups is 1. The highest BCUT2D eigenvalue weighted by atomic mass is 32.2. The van der Waals surface area contributed by atoms with Crippen molar-refractivity contribution >= 4 is 27.8 Å². The second-order valence-electron chi connectivity index (χ2n) is 4.05. The van der Waals surface area contributed by atoms with E-state index in [0.29, 0.717) is 5.22 Å². The van der Waals surface area contributed by atoms with Gasteiger partial charge >= 0.3 is 0 Å². The van der Waals surface area contributed by atoms with Gasteiger partial charge in [0.2, 0.25) is 0 Å². The van der Waals surface area contributed by atoms with Gasteiger partial charge in [-0.3, -0.25) is 0 Å². The van der Waals surface area contributed by atoms with Crippen LogP contribution in [-0.4, -0.2) is 4.98 Å². The second kappa shape index (κ2) is 5.64. The third-order valence-corrected chi connectivity index (χ3v) is 3.65. The third kappa shape index (κ3) is 2.58. The van der Waals surface area contributed by atoms with E-state index in [4.69, 9.17) is 9.68 Å². The average Bonchev–Trinajstić information content (AvgIpc) is 2.90. The Labute approximate surface area is 120 Å². The molecule has 0 saturated carbocycles. The van der Waals surface area contributed by atoms with Crippen LogP contribution in [0.2, 0.25) is 0 Å². The summed E-state index contributed by atoms with van der Waals surface area (Å²) in [6, 6.07) is 19.4. The summed E-state index contributed by atoms with van der Waals surface area (Å²) in [5.41, 5.74) is 2.54. The van der Waals surface area contributed by atoms with Crippen molar-refractivity contribution in [2.75, 3.05) is 0 Å². The van der Waals surface area contributed by atoms with Crippen LogP contribution in [0.4, 0.5) is 0 Å². The van der Waals surface area contributed by atoms with Crippen LogP contribution in [0, 0.1) is 11.3 Å².